The maximum Gasteiger partial charge on any atom is 0.128 e. The Hall–Kier alpha value is -0.680. The molecule has 1 aromatic carbocycles. The number of nitrogens with zero attached hydrogens (tertiary/aromatic N) is 1. The van der Waals surface area contributed by atoms with Gasteiger partial charge in [0.2, 0.25) is 0 Å². The molecule has 0 saturated carbocycles. The van der Waals surface area contributed by atoms with Gasteiger partial charge in [-0.05, 0) is 32.0 Å². The highest BCUT2D eigenvalue weighted by Gasteiger charge is 2.31. The highest BCUT2D eigenvalue weighted by atomic mass is 35.5. The van der Waals surface area contributed by atoms with Gasteiger partial charge in [0.1, 0.15) is 5.82 Å². The Bertz CT molecular complexity index is 443. The van der Waals surface area contributed by atoms with Crippen LogP contribution in [-0.2, 0) is 4.74 Å². The first-order valence-corrected chi connectivity index (χ1v) is 6.93. The van der Waals surface area contributed by atoms with E-state index in [1.54, 1.807) is 12.1 Å². The molecule has 0 radical (unpaired) electrons. The lowest BCUT2D eigenvalue weighted by Crippen LogP contribution is -2.50. The average Bonchev–Trinajstić information content (AvgIpc) is 2.38. The maximum atomic E-state index is 14.0. The van der Waals surface area contributed by atoms with Gasteiger partial charge in [-0.15, -0.1) is 0 Å². The molecule has 3 atom stereocenters. The summed E-state index contributed by atoms with van der Waals surface area (Å²) >= 11 is 5.97. The van der Waals surface area contributed by atoms with E-state index in [0.29, 0.717) is 23.7 Å². The van der Waals surface area contributed by atoms with Crippen LogP contribution in [0.3, 0.4) is 0 Å². The van der Waals surface area contributed by atoms with Gasteiger partial charge in [0.25, 0.3) is 0 Å². The van der Waals surface area contributed by atoms with E-state index in [1.807, 2.05) is 6.92 Å². The van der Waals surface area contributed by atoms with Crippen molar-refractivity contribution in [3.05, 3.63) is 34.6 Å². The van der Waals surface area contributed by atoms with Gasteiger partial charge < -0.3 is 10.5 Å². The zero-order chi connectivity index (χ0) is 14.0. The lowest BCUT2D eigenvalue weighted by Gasteiger charge is -2.41. The van der Waals surface area contributed by atoms with Crippen LogP contribution in [0.1, 0.15) is 25.5 Å². The Morgan fingerprint density at radius 2 is 2.26 bits per heavy atom. The number of ether oxygens (including phenoxy) is 1. The number of hydrogen-bond donors (Lipinski definition) is 1. The van der Waals surface area contributed by atoms with Gasteiger partial charge >= 0.3 is 0 Å². The summed E-state index contributed by atoms with van der Waals surface area (Å²) in [7, 11) is 0. The fourth-order valence-electron chi connectivity index (χ4n) is 2.57. The molecule has 0 aliphatic carbocycles. The van der Waals surface area contributed by atoms with Crippen LogP contribution in [-0.4, -0.2) is 36.7 Å². The van der Waals surface area contributed by atoms with Crippen molar-refractivity contribution in [1.82, 2.24) is 4.90 Å². The van der Waals surface area contributed by atoms with Gasteiger partial charge in [0.05, 0.1) is 18.8 Å². The molecule has 106 valence electrons. The molecule has 1 aliphatic rings. The molecule has 1 aromatic rings. The minimum atomic E-state index is -0.258. The maximum absolute atomic E-state index is 14.0. The van der Waals surface area contributed by atoms with Crippen LogP contribution in [0.15, 0.2) is 18.2 Å². The summed E-state index contributed by atoms with van der Waals surface area (Å²) in [6.07, 6.45) is 0.132. The monoisotopic (exact) mass is 286 g/mol. The van der Waals surface area contributed by atoms with E-state index in [-0.39, 0.29) is 24.0 Å². The molecule has 0 aromatic heterocycles. The molecule has 0 bridgehead atoms. The third-order valence-corrected chi connectivity index (χ3v) is 3.83. The van der Waals surface area contributed by atoms with Gasteiger partial charge in [-0.2, -0.15) is 0 Å². The van der Waals surface area contributed by atoms with E-state index in [4.69, 9.17) is 22.1 Å². The first-order valence-electron chi connectivity index (χ1n) is 6.55. The zero-order valence-electron chi connectivity index (χ0n) is 11.3. The second-order valence-corrected chi connectivity index (χ2v) is 5.54. The first kappa shape index (κ1) is 14.7. The molecule has 5 heteroatoms. The lowest BCUT2D eigenvalue weighted by atomic mass is 10.0. The zero-order valence-corrected chi connectivity index (χ0v) is 12.0. The number of halogens is 2. The lowest BCUT2D eigenvalue weighted by molar-refractivity contribution is -0.0658. The van der Waals surface area contributed by atoms with Gasteiger partial charge in [0.15, 0.2) is 0 Å². The van der Waals surface area contributed by atoms with Gasteiger partial charge in [0, 0.05) is 29.7 Å². The Labute approximate surface area is 118 Å². The second kappa shape index (κ2) is 6.18. The Morgan fingerprint density at radius 1 is 1.53 bits per heavy atom. The van der Waals surface area contributed by atoms with Gasteiger partial charge in [-0.3, -0.25) is 4.90 Å². The molecule has 19 heavy (non-hydrogen) atoms. The number of nitrogens with two attached hydrogens (primary N) is 1. The van der Waals surface area contributed by atoms with Crippen molar-refractivity contribution in [2.24, 2.45) is 5.73 Å². The molecule has 1 fully saturated rings. The van der Waals surface area contributed by atoms with E-state index >= 15 is 0 Å². The molecular weight excluding hydrogens is 267 g/mol. The molecule has 2 N–H and O–H groups in total. The van der Waals surface area contributed by atoms with Crippen LogP contribution in [0.4, 0.5) is 4.39 Å². The van der Waals surface area contributed by atoms with E-state index in [1.165, 1.54) is 6.07 Å². The normalized spacial score (nSPS) is 26.4. The second-order valence-electron chi connectivity index (χ2n) is 5.11. The molecule has 3 unspecified atom stereocenters. The Morgan fingerprint density at radius 3 is 2.95 bits per heavy atom. The summed E-state index contributed by atoms with van der Waals surface area (Å²) in [6, 6.07) is 4.67. The van der Waals surface area contributed by atoms with Crippen LogP contribution in [0, 0.1) is 5.82 Å². The van der Waals surface area contributed by atoms with Crippen LogP contribution < -0.4 is 5.73 Å². The van der Waals surface area contributed by atoms with Crippen molar-refractivity contribution in [3.63, 3.8) is 0 Å². The molecular formula is C14H20ClFN2O. The largest absolute Gasteiger partial charge is 0.376 e. The van der Waals surface area contributed by atoms with Crippen molar-refractivity contribution < 1.29 is 9.13 Å². The summed E-state index contributed by atoms with van der Waals surface area (Å²) in [6.45, 7) is 5.82. The molecule has 0 spiro atoms. The summed E-state index contributed by atoms with van der Waals surface area (Å²) in [5, 5.41) is 0.531. The fraction of sp³-hybridized carbons (Fsp3) is 0.571. The molecule has 3 nitrogen and oxygen atoms in total. The number of rotatable bonds is 3. The van der Waals surface area contributed by atoms with Crippen LogP contribution >= 0.6 is 11.6 Å². The number of hydrogen-bond acceptors (Lipinski definition) is 3. The topological polar surface area (TPSA) is 38.5 Å². The van der Waals surface area contributed by atoms with Crippen LogP contribution in [0.5, 0.6) is 0 Å². The SMILES string of the molecule is CC1CN(C(CN)c2cc(Cl)ccc2F)C(C)CO1. The predicted octanol–water partition coefficient (Wildman–Crippen LogP) is 2.59. The number of morpholine rings is 1. The van der Waals surface area contributed by atoms with Crippen molar-refractivity contribution >= 4 is 11.6 Å². The number of benzene rings is 1. The molecule has 1 saturated heterocycles. The predicted molar refractivity (Wildman–Crippen MR) is 74.8 cm³/mol. The molecule has 0 amide bonds. The highest BCUT2D eigenvalue weighted by molar-refractivity contribution is 6.30. The summed E-state index contributed by atoms with van der Waals surface area (Å²) < 4.78 is 19.6. The third kappa shape index (κ3) is 3.26. The summed E-state index contributed by atoms with van der Waals surface area (Å²) in [5.74, 6) is -0.258. The molecule has 1 aliphatic heterocycles. The third-order valence-electron chi connectivity index (χ3n) is 3.60. The smallest absolute Gasteiger partial charge is 0.128 e. The van der Waals surface area contributed by atoms with E-state index in [0.717, 1.165) is 6.54 Å². The van der Waals surface area contributed by atoms with Crippen molar-refractivity contribution in [1.29, 1.82) is 0 Å². The van der Waals surface area contributed by atoms with Crippen molar-refractivity contribution in [2.75, 3.05) is 19.7 Å². The molecule has 2 rings (SSSR count). The van der Waals surface area contributed by atoms with Gasteiger partial charge in [-0.1, -0.05) is 11.6 Å². The first-order chi connectivity index (χ1) is 9.02. The van der Waals surface area contributed by atoms with E-state index in [9.17, 15) is 4.39 Å². The van der Waals surface area contributed by atoms with E-state index < -0.39 is 0 Å². The average molecular weight is 287 g/mol. The fourth-order valence-corrected chi connectivity index (χ4v) is 2.75. The van der Waals surface area contributed by atoms with Crippen LogP contribution in [0.2, 0.25) is 5.02 Å². The minimum Gasteiger partial charge on any atom is -0.376 e. The Balaban J connectivity index is 2.30. The summed E-state index contributed by atoms with van der Waals surface area (Å²) in [5.41, 5.74) is 6.44. The molecule has 1 heterocycles. The standard InChI is InChI=1S/C14H20ClFN2O/c1-9-8-19-10(2)7-18(9)14(6-17)12-5-11(15)3-4-13(12)16/h3-5,9-10,14H,6-8,17H2,1-2H3. The quantitative estimate of drug-likeness (QED) is 0.928. The summed E-state index contributed by atoms with van der Waals surface area (Å²) in [4.78, 5) is 2.20. The van der Waals surface area contributed by atoms with Crippen LogP contribution in [0.25, 0.3) is 0 Å². The van der Waals surface area contributed by atoms with E-state index in [2.05, 4.69) is 11.8 Å². The Kier molecular flexibility index (Phi) is 4.79. The van der Waals surface area contributed by atoms with Crippen molar-refractivity contribution in [2.45, 2.75) is 32.0 Å². The van der Waals surface area contributed by atoms with Crippen molar-refractivity contribution in [3.8, 4) is 0 Å². The minimum absolute atomic E-state index is 0.132. The van der Waals surface area contributed by atoms with Gasteiger partial charge in [-0.25, -0.2) is 4.39 Å². The highest BCUT2D eigenvalue weighted by Crippen LogP contribution is 2.29.